The minimum Gasteiger partial charge on any atom is -0.372 e. The molecule has 1 aliphatic rings. The van der Waals surface area contributed by atoms with Gasteiger partial charge in [0.05, 0.1) is 11.0 Å². The first-order valence-electron chi connectivity index (χ1n) is 9.82. The number of benzene rings is 2. The van der Waals surface area contributed by atoms with Crippen LogP contribution < -0.4 is 10.2 Å². The topological polar surface area (TPSA) is 61.0 Å². The molecule has 2 heterocycles. The highest BCUT2D eigenvalue weighted by atomic mass is 16.1. The van der Waals surface area contributed by atoms with E-state index in [0.717, 1.165) is 48.4 Å². The van der Waals surface area contributed by atoms with Gasteiger partial charge in [-0.25, -0.2) is 4.98 Å². The summed E-state index contributed by atoms with van der Waals surface area (Å²) < 4.78 is 0. The number of aryl methyl sites for hydroxylation is 1. The molecule has 0 atom stereocenters. The van der Waals surface area contributed by atoms with Gasteiger partial charge in [0, 0.05) is 38.2 Å². The van der Waals surface area contributed by atoms with E-state index in [1.807, 2.05) is 24.3 Å². The van der Waals surface area contributed by atoms with E-state index in [1.54, 1.807) is 0 Å². The van der Waals surface area contributed by atoms with Crippen LogP contribution in [0.2, 0.25) is 0 Å². The zero-order valence-electron chi connectivity index (χ0n) is 15.6. The number of hydrogen-bond acceptors (Lipinski definition) is 3. The molecule has 4 rings (SSSR count). The van der Waals surface area contributed by atoms with Crippen LogP contribution >= 0.6 is 0 Å². The van der Waals surface area contributed by atoms with Crippen LogP contribution in [0.3, 0.4) is 0 Å². The van der Waals surface area contributed by atoms with E-state index in [9.17, 15) is 4.79 Å². The van der Waals surface area contributed by atoms with E-state index >= 15 is 0 Å². The Labute approximate surface area is 159 Å². The van der Waals surface area contributed by atoms with Gasteiger partial charge in [0.15, 0.2) is 0 Å². The van der Waals surface area contributed by atoms with Gasteiger partial charge in [0.2, 0.25) is 5.91 Å². The van der Waals surface area contributed by atoms with Crippen LogP contribution in [0.4, 0.5) is 5.69 Å². The Morgan fingerprint density at radius 3 is 2.63 bits per heavy atom. The number of hydrogen-bond donors (Lipinski definition) is 2. The highest BCUT2D eigenvalue weighted by molar-refractivity contribution is 5.76. The Hall–Kier alpha value is -2.82. The largest absolute Gasteiger partial charge is 0.372 e. The summed E-state index contributed by atoms with van der Waals surface area (Å²) in [5.74, 6) is 1.04. The molecule has 1 aliphatic heterocycles. The van der Waals surface area contributed by atoms with Crippen LogP contribution in [-0.4, -0.2) is 29.0 Å². The predicted octanol–water partition coefficient (Wildman–Crippen LogP) is 3.80. The molecule has 5 heteroatoms. The van der Waals surface area contributed by atoms with E-state index < -0.39 is 0 Å². The highest BCUT2D eigenvalue weighted by Crippen LogP contribution is 2.20. The number of H-pyrrole nitrogens is 1. The third kappa shape index (κ3) is 4.48. The number of imidazole rings is 1. The SMILES string of the molecule is O=C(CCCc1nc2ccccc2[nH]1)NCc1ccc(N2CCCC2)cc1. The quantitative estimate of drug-likeness (QED) is 0.672. The second-order valence-electron chi connectivity index (χ2n) is 7.19. The molecule has 0 aliphatic carbocycles. The fraction of sp³-hybridized carbons (Fsp3) is 0.364. The molecule has 3 aromatic rings. The second-order valence-corrected chi connectivity index (χ2v) is 7.19. The molecular formula is C22H26N4O. The Bertz CT molecular complexity index is 861. The maximum absolute atomic E-state index is 12.1. The Morgan fingerprint density at radius 1 is 1.07 bits per heavy atom. The van der Waals surface area contributed by atoms with Crippen LogP contribution in [-0.2, 0) is 17.8 Å². The van der Waals surface area contributed by atoms with Gasteiger partial charge in [-0.3, -0.25) is 4.79 Å². The van der Waals surface area contributed by atoms with Crippen LogP contribution in [0.15, 0.2) is 48.5 Å². The number of carbonyl (C=O) groups excluding carboxylic acids is 1. The first-order valence-corrected chi connectivity index (χ1v) is 9.82. The van der Waals surface area contributed by atoms with Crippen molar-refractivity contribution in [3.63, 3.8) is 0 Å². The van der Waals surface area contributed by atoms with Gasteiger partial charge < -0.3 is 15.2 Å². The van der Waals surface area contributed by atoms with E-state index in [4.69, 9.17) is 0 Å². The number of rotatable bonds is 7. The molecule has 1 aromatic heterocycles. The average Bonchev–Trinajstić information content (AvgIpc) is 3.36. The number of nitrogens with zero attached hydrogens (tertiary/aromatic N) is 2. The normalized spacial score (nSPS) is 14.0. The third-order valence-corrected chi connectivity index (χ3v) is 5.15. The smallest absolute Gasteiger partial charge is 0.220 e. The summed E-state index contributed by atoms with van der Waals surface area (Å²) >= 11 is 0. The second kappa shape index (κ2) is 8.25. The Kier molecular flexibility index (Phi) is 5.37. The Morgan fingerprint density at radius 2 is 1.85 bits per heavy atom. The number of para-hydroxylation sites is 2. The zero-order valence-corrected chi connectivity index (χ0v) is 15.6. The summed E-state index contributed by atoms with van der Waals surface area (Å²) in [5.41, 5.74) is 4.46. The van der Waals surface area contributed by atoms with Gasteiger partial charge in [-0.15, -0.1) is 0 Å². The van der Waals surface area contributed by atoms with Gasteiger partial charge in [0.1, 0.15) is 5.82 Å². The number of nitrogens with one attached hydrogen (secondary N) is 2. The van der Waals surface area contributed by atoms with E-state index in [0.29, 0.717) is 13.0 Å². The van der Waals surface area contributed by atoms with Crippen molar-refractivity contribution in [2.75, 3.05) is 18.0 Å². The molecule has 1 saturated heterocycles. The van der Waals surface area contributed by atoms with Crippen LogP contribution in [0.5, 0.6) is 0 Å². The molecular weight excluding hydrogens is 336 g/mol. The van der Waals surface area contributed by atoms with E-state index in [-0.39, 0.29) is 5.91 Å². The molecule has 0 bridgehead atoms. The minimum absolute atomic E-state index is 0.0923. The lowest BCUT2D eigenvalue weighted by atomic mass is 10.2. The number of fused-ring (bicyclic) bond motifs is 1. The van der Waals surface area contributed by atoms with E-state index in [2.05, 4.69) is 44.5 Å². The molecule has 1 fully saturated rings. The highest BCUT2D eigenvalue weighted by Gasteiger charge is 2.12. The lowest BCUT2D eigenvalue weighted by Crippen LogP contribution is -2.22. The standard InChI is InChI=1S/C22H26N4O/c27-22(9-5-8-21-24-19-6-1-2-7-20(19)25-21)23-16-17-10-12-18(13-11-17)26-14-3-4-15-26/h1-2,6-7,10-13H,3-5,8-9,14-16H2,(H,23,27)(H,24,25). The molecule has 1 amide bonds. The number of amides is 1. The lowest BCUT2D eigenvalue weighted by molar-refractivity contribution is -0.121. The summed E-state index contributed by atoms with van der Waals surface area (Å²) in [6.45, 7) is 2.90. The third-order valence-electron chi connectivity index (χ3n) is 5.15. The van der Waals surface area contributed by atoms with Gasteiger partial charge in [-0.05, 0) is 49.1 Å². The monoisotopic (exact) mass is 362 g/mol. The average molecular weight is 362 g/mol. The van der Waals surface area contributed by atoms with Crippen molar-refractivity contribution >= 4 is 22.6 Å². The van der Waals surface area contributed by atoms with E-state index in [1.165, 1.54) is 18.5 Å². The molecule has 0 saturated carbocycles. The van der Waals surface area contributed by atoms with Crippen molar-refractivity contribution < 1.29 is 4.79 Å². The Balaban J connectivity index is 1.20. The first kappa shape index (κ1) is 17.6. The van der Waals surface area contributed by atoms with Gasteiger partial charge in [-0.2, -0.15) is 0 Å². The van der Waals surface area contributed by atoms with Crippen molar-refractivity contribution in [1.29, 1.82) is 0 Å². The molecule has 0 spiro atoms. The summed E-state index contributed by atoms with van der Waals surface area (Å²) in [5, 5.41) is 3.02. The van der Waals surface area contributed by atoms with Crippen molar-refractivity contribution in [1.82, 2.24) is 15.3 Å². The zero-order chi connectivity index (χ0) is 18.5. The number of carbonyl (C=O) groups is 1. The minimum atomic E-state index is 0.0923. The molecule has 140 valence electrons. The molecule has 2 aromatic carbocycles. The van der Waals surface area contributed by atoms with Gasteiger partial charge in [0.25, 0.3) is 0 Å². The molecule has 0 radical (unpaired) electrons. The van der Waals surface area contributed by atoms with Gasteiger partial charge in [-0.1, -0.05) is 24.3 Å². The lowest BCUT2D eigenvalue weighted by Gasteiger charge is -2.17. The summed E-state index contributed by atoms with van der Waals surface area (Å²) in [4.78, 5) is 22.4. The van der Waals surface area contributed by atoms with Crippen LogP contribution in [0.1, 0.15) is 37.1 Å². The van der Waals surface area contributed by atoms with Crippen molar-refractivity contribution in [3.05, 3.63) is 59.9 Å². The van der Waals surface area contributed by atoms with Crippen LogP contribution in [0, 0.1) is 0 Å². The number of aromatic nitrogens is 2. The van der Waals surface area contributed by atoms with Crippen molar-refractivity contribution in [3.8, 4) is 0 Å². The van der Waals surface area contributed by atoms with Crippen molar-refractivity contribution in [2.45, 2.75) is 38.6 Å². The first-order chi connectivity index (χ1) is 13.3. The fourth-order valence-corrected chi connectivity index (χ4v) is 3.63. The van der Waals surface area contributed by atoms with Crippen LogP contribution in [0.25, 0.3) is 11.0 Å². The summed E-state index contributed by atoms with van der Waals surface area (Å²) in [6, 6.07) is 16.5. The number of aromatic amines is 1. The van der Waals surface area contributed by atoms with Gasteiger partial charge >= 0.3 is 0 Å². The summed E-state index contributed by atoms with van der Waals surface area (Å²) in [7, 11) is 0. The molecule has 0 unspecified atom stereocenters. The number of anilines is 1. The molecule has 2 N–H and O–H groups in total. The predicted molar refractivity (Wildman–Crippen MR) is 109 cm³/mol. The summed E-state index contributed by atoms with van der Waals surface area (Å²) in [6.07, 6.45) is 4.66. The van der Waals surface area contributed by atoms with Crippen molar-refractivity contribution in [2.24, 2.45) is 0 Å². The molecule has 5 nitrogen and oxygen atoms in total. The maximum Gasteiger partial charge on any atom is 0.220 e. The molecule has 27 heavy (non-hydrogen) atoms. The fourth-order valence-electron chi connectivity index (χ4n) is 3.63. The maximum atomic E-state index is 12.1.